The summed E-state index contributed by atoms with van der Waals surface area (Å²) in [7, 11) is 0. The Hall–Kier alpha value is -2.59. The van der Waals surface area contributed by atoms with Gasteiger partial charge in [0.1, 0.15) is 11.2 Å². The summed E-state index contributed by atoms with van der Waals surface area (Å²) in [6.45, 7) is 0. The standard InChI is InChI=1S/C19H11BrO3/c20-15-10-9-12(11-5-1-2-6-13(11)19(21)22)18-17(15)14-7-3-4-8-16(14)23-18/h1-10H,(H,21,22). The number of para-hydroxylation sites is 1. The average molecular weight is 367 g/mol. The van der Waals surface area contributed by atoms with Crippen molar-refractivity contribution in [1.82, 2.24) is 0 Å². The molecule has 0 aliphatic rings. The summed E-state index contributed by atoms with van der Waals surface area (Å²) in [6, 6.07) is 18.6. The van der Waals surface area contributed by atoms with Crippen molar-refractivity contribution < 1.29 is 14.3 Å². The molecule has 0 amide bonds. The van der Waals surface area contributed by atoms with E-state index in [0.717, 1.165) is 26.4 Å². The Bertz CT molecular complexity index is 1060. The van der Waals surface area contributed by atoms with Crippen molar-refractivity contribution in [1.29, 1.82) is 0 Å². The number of halogens is 1. The van der Waals surface area contributed by atoms with E-state index in [0.29, 0.717) is 11.1 Å². The quantitative estimate of drug-likeness (QED) is 0.493. The first-order chi connectivity index (χ1) is 11.2. The third kappa shape index (κ3) is 2.14. The molecule has 112 valence electrons. The zero-order valence-corrected chi connectivity index (χ0v) is 13.5. The molecule has 0 aliphatic heterocycles. The molecule has 23 heavy (non-hydrogen) atoms. The molecule has 1 heterocycles. The van der Waals surface area contributed by atoms with Crippen LogP contribution in [0.4, 0.5) is 0 Å². The summed E-state index contributed by atoms with van der Waals surface area (Å²) in [5, 5.41) is 11.4. The Labute approximate surface area is 140 Å². The molecule has 0 bridgehead atoms. The summed E-state index contributed by atoms with van der Waals surface area (Å²) < 4.78 is 6.96. The lowest BCUT2D eigenvalue weighted by Crippen LogP contribution is -1.99. The van der Waals surface area contributed by atoms with Crippen molar-refractivity contribution in [2.75, 3.05) is 0 Å². The van der Waals surface area contributed by atoms with E-state index in [1.54, 1.807) is 18.2 Å². The molecule has 0 unspecified atom stereocenters. The molecule has 1 aromatic heterocycles. The van der Waals surface area contributed by atoms with Crippen LogP contribution in [0.2, 0.25) is 0 Å². The fraction of sp³-hybridized carbons (Fsp3) is 0. The molecular formula is C19H11BrO3. The molecule has 4 rings (SSSR count). The van der Waals surface area contributed by atoms with Crippen LogP contribution in [0.3, 0.4) is 0 Å². The van der Waals surface area contributed by atoms with Gasteiger partial charge in [0.15, 0.2) is 0 Å². The summed E-state index contributed by atoms with van der Waals surface area (Å²) in [5.74, 6) is -0.951. The van der Waals surface area contributed by atoms with Crippen molar-refractivity contribution in [3.63, 3.8) is 0 Å². The minimum atomic E-state index is -0.951. The molecule has 4 heteroatoms. The van der Waals surface area contributed by atoms with Gasteiger partial charge in [0, 0.05) is 20.8 Å². The van der Waals surface area contributed by atoms with E-state index < -0.39 is 5.97 Å². The maximum atomic E-state index is 11.5. The molecule has 0 fully saturated rings. The summed E-state index contributed by atoms with van der Waals surface area (Å²) >= 11 is 3.58. The first-order valence-electron chi connectivity index (χ1n) is 7.09. The number of aromatic carboxylic acids is 1. The number of carboxylic acids is 1. The highest BCUT2D eigenvalue weighted by atomic mass is 79.9. The number of hydrogen-bond donors (Lipinski definition) is 1. The summed E-state index contributed by atoms with van der Waals surface area (Å²) in [4.78, 5) is 11.5. The third-order valence-corrected chi connectivity index (χ3v) is 4.58. The van der Waals surface area contributed by atoms with Crippen LogP contribution in [0.15, 0.2) is 69.6 Å². The number of carbonyl (C=O) groups is 1. The van der Waals surface area contributed by atoms with Crippen molar-refractivity contribution >= 4 is 43.8 Å². The van der Waals surface area contributed by atoms with Gasteiger partial charge < -0.3 is 9.52 Å². The van der Waals surface area contributed by atoms with Gasteiger partial charge in [-0.05, 0) is 29.8 Å². The van der Waals surface area contributed by atoms with E-state index >= 15 is 0 Å². The summed E-state index contributed by atoms with van der Waals surface area (Å²) in [6.07, 6.45) is 0. The first kappa shape index (κ1) is 14.0. The normalized spacial score (nSPS) is 11.2. The molecule has 0 aliphatic carbocycles. The highest BCUT2D eigenvalue weighted by Gasteiger charge is 2.18. The van der Waals surface area contributed by atoms with Crippen LogP contribution in [0.25, 0.3) is 33.1 Å². The topological polar surface area (TPSA) is 50.4 Å². The predicted octanol–water partition coefficient (Wildman–Crippen LogP) is 5.71. The van der Waals surface area contributed by atoms with Crippen LogP contribution in [-0.4, -0.2) is 11.1 Å². The second-order valence-electron chi connectivity index (χ2n) is 5.25. The molecule has 1 N–H and O–H groups in total. The fourth-order valence-corrected chi connectivity index (χ4v) is 3.43. The second-order valence-corrected chi connectivity index (χ2v) is 6.10. The van der Waals surface area contributed by atoms with E-state index in [1.807, 2.05) is 42.5 Å². The number of benzene rings is 3. The smallest absolute Gasteiger partial charge is 0.336 e. The van der Waals surface area contributed by atoms with Crippen LogP contribution in [0, 0.1) is 0 Å². The average Bonchev–Trinajstić information content (AvgIpc) is 2.95. The maximum absolute atomic E-state index is 11.5. The van der Waals surface area contributed by atoms with Crippen molar-refractivity contribution in [3.05, 3.63) is 70.7 Å². The van der Waals surface area contributed by atoms with Crippen LogP contribution >= 0.6 is 15.9 Å². The van der Waals surface area contributed by atoms with Gasteiger partial charge in [0.2, 0.25) is 0 Å². The lowest BCUT2D eigenvalue weighted by Gasteiger charge is -2.07. The molecule has 0 spiro atoms. The number of fused-ring (bicyclic) bond motifs is 3. The maximum Gasteiger partial charge on any atom is 0.336 e. The molecule has 0 saturated heterocycles. The predicted molar refractivity (Wildman–Crippen MR) is 93.8 cm³/mol. The molecule has 0 atom stereocenters. The zero-order chi connectivity index (χ0) is 16.0. The second kappa shape index (κ2) is 5.25. The van der Waals surface area contributed by atoms with Crippen molar-refractivity contribution in [3.8, 4) is 11.1 Å². The fourth-order valence-electron chi connectivity index (χ4n) is 2.90. The van der Waals surface area contributed by atoms with Crippen molar-refractivity contribution in [2.24, 2.45) is 0 Å². The van der Waals surface area contributed by atoms with E-state index in [-0.39, 0.29) is 5.56 Å². The Kier molecular flexibility index (Phi) is 3.20. The van der Waals surface area contributed by atoms with Gasteiger partial charge in [-0.1, -0.05) is 52.3 Å². The largest absolute Gasteiger partial charge is 0.478 e. The van der Waals surface area contributed by atoms with Gasteiger partial charge in [0.05, 0.1) is 5.56 Å². The molecule has 0 saturated carbocycles. The monoisotopic (exact) mass is 366 g/mol. The molecular weight excluding hydrogens is 356 g/mol. The lowest BCUT2D eigenvalue weighted by molar-refractivity contribution is 0.0698. The Morgan fingerprint density at radius 1 is 0.913 bits per heavy atom. The number of carboxylic acid groups (broad SMARTS) is 1. The van der Waals surface area contributed by atoms with Crippen LogP contribution in [0.5, 0.6) is 0 Å². The first-order valence-corrected chi connectivity index (χ1v) is 7.88. The van der Waals surface area contributed by atoms with Gasteiger partial charge in [0.25, 0.3) is 0 Å². The zero-order valence-electron chi connectivity index (χ0n) is 11.9. The summed E-state index contributed by atoms with van der Waals surface area (Å²) in [5.41, 5.74) is 3.16. The number of rotatable bonds is 2. The van der Waals surface area contributed by atoms with Crippen molar-refractivity contribution in [2.45, 2.75) is 0 Å². The van der Waals surface area contributed by atoms with Gasteiger partial charge in [-0.25, -0.2) is 4.79 Å². The van der Waals surface area contributed by atoms with Crippen LogP contribution in [-0.2, 0) is 0 Å². The van der Waals surface area contributed by atoms with E-state index in [4.69, 9.17) is 4.42 Å². The minimum Gasteiger partial charge on any atom is -0.478 e. The minimum absolute atomic E-state index is 0.261. The van der Waals surface area contributed by atoms with Crippen LogP contribution in [0.1, 0.15) is 10.4 Å². The van der Waals surface area contributed by atoms with E-state index in [2.05, 4.69) is 15.9 Å². The van der Waals surface area contributed by atoms with Gasteiger partial charge in [-0.2, -0.15) is 0 Å². The SMILES string of the molecule is O=C(O)c1ccccc1-c1ccc(Br)c2c1oc1ccccc12. The highest BCUT2D eigenvalue weighted by molar-refractivity contribution is 9.10. The number of furan rings is 1. The van der Waals surface area contributed by atoms with Crippen LogP contribution < -0.4 is 0 Å². The Balaban J connectivity index is 2.14. The van der Waals surface area contributed by atoms with Gasteiger partial charge in [-0.15, -0.1) is 0 Å². The number of hydrogen-bond acceptors (Lipinski definition) is 2. The molecule has 3 nitrogen and oxygen atoms in total. The Morgan fingerprint density at radius 2 is 1.65 bits per heavy atom. The van der Waals surface area contributed by atoms with E-state index in [1.165, 1.54) is 0 Å². The lowest BCUT2D eigenvalue weighted by atomic mass is 9.98. The molecule has 3 aromatic carbocycles. The Morgan fingerprint density at radius 3 is 2.48 bits per heavy atom. The van der Waals surface area contributed by atoms with Gasteiger partial charge >= 0.3 is 5.97 Å². The highest BCUT2D eigenvalue weighted by Crippen LogP contribution is 2.40. The molecule has 4 aromatic rings. The van der Waals surface area contributed by atoms with E-state index in [9.17, 15) is 9.90 Å². The third-order valence-electron chi connectivity index (χ3n) is 3.92. The molecule has 0 radical (unpaired) electrons. The van der Waals surface area contributed by atoms with Gasteiger partial charge in [-0.3, -0.25) is 0 Å².